The van der Waals surface area contributed by atoms with Gasteiger partial charge >= 0.3 is 0 Å². The zero-order valence-electron chi connectivity index (χ0n) is 12.6. The Kier molecular flexibility index (Phi) is 3.79. The summed E-state index contributed by atoms with van der Waals surface area (Å²) in [6.07, 6.45) is 4.78. The fourth-order valence-electron chi connectivity index (χ4n) is 3.69. The summed E-state index contributed by atoms with van der Waals surface area (Å²) >= 11 is 0. The Labute approximate surface area is 121 Å². The highest BCUT2D eigenvalue weighted by Gasteiger charge is 2.37. The Morgan fingerprint density at radius 1 is 1.00 bits per heavy atom. The molecule has 2 aliphatic heterocycles. The normalized spacial score (nSPS) is 24.4. The van der Waals surface area contributed by atoms with Crippen LogP contribution in [0.15, 0.2) is 18.2 Å². The third-order valence-corrected chi connectivity index (χ3v) is 4.72. The quantitative estimate of drug-likeness (QED) is 0.826. The maximum Gasteiger partial charge on any atom is 0.244 e. The minimum Gasteiger partial charge on any atom is -0.310 e. The van der Waals surface area contributed by atoms with Crippen LogP contribution in [0.5, 0.6) is 0 Å². The fraction of sp³-hybridized carbons (Fsp3) is 0.588. The highest BCUT2D eigenvalue weighted by atomic mass is 16.2. The van der Waals surface area contributed by atoms with E-state index in [0.29, 0.717) is 5.91 Å². The second-order valence-electron chi connectivity index (χ2n) is 6.13. The summed E-state index contributed by atoms with van der Waals surface area (Å²) in [5.41, 5.74) is 3.55. The van der Waals surface area contributed by atoms with Crippen molar-refractivity contribution in [2.24, 2.45) is 0 Å². The van der Waals surface area contributed by atoms with Crippen LogP contribution < -0.4 is 4.90 Å². The lowest BCUT2D eigenvalue weighted by atomic mass is 10.1. The number of carbonyl (C=O) groups is 1. The number of hydrogen-bond acceptors (Lipinski definition) is 2. The van der Waals surface area contributed by atoms with Crippen molar-refractivity contribution < 1.29 is 4.79 Å². The van der Waals surface area contributed by atoms with Crippen molar-refractivity contribution in [2.45, 2.75) is 45.6 Å². The Hall–Kier alpha value is -1.35. The molecule has 2 heterocycles. The van der Waals surface area contributed by atoms with Crippen molar-refractivity contribution in [1.82, 2.24) is 4.90 Å². The number of rotatable bonds is 2. The van der Waals surface area contributed by atoms with Crippen LogP contribution in [-0.4, -0.2) is 36.5 Å². The standard InChI is InChI=1S/C17H24N2O/c1-13-7-6-8-14(2)16(13)19-12-9-15(17(19)20)18-10-4-3-5-11-18/h6-8,15H,3-5,9-12H2,1-2H3. The largest absolute Gasteiger partial charge is 0.310 e. The minimum atomic E-state index is 0.120. The van der Waals surface area contributed by atoms with E-state index in [2.05, 4.69) is 36.9 Å². The SMILES string of the molecule is Cc1cccc(C)c1N1CCC(N2CCCCC2)C1=O. The summed E-state index contributed by atoms with van der Waals surface area (Å²) in [6.45, 7) is 7.26. The summed E-state index contributed by atoms with van der Waals surface area (Å²) < 4.78 is 0. The molecule has 0 bridgehead atoms. The average molecular weight is 272 g/mol. The number of anilines is 1. The average Bonchev–Trinajstić information content (AvgIpc) is 2.82. The predicted molar refractivity (Wildman–Crippen MR) is 82.1 cm³/mol. The van der Waals surface area contributed by atoms with E-state index >= 15 is 0 Å². The molecule has 0 aliphatic carbocycles. The van der Waals surface area contributed by atoms with Gasteiger partial charge in [0.15, 0.2) is 0 Å². The van der Waals surface area contributed by atoms with Crippen molar-refractivity contribution in [3.63, 3.8) is 0 Å². The summed E-state index contributed by atoms with van der Waals surface area (Å²) in [6, 6.07) is 6.39. The molecule has 1 amide bonds. The topological polar surface area (TPSA) is 23.6 Å². The third-order valence-electron chi connectivity index (χ3n) is 4.72. The van der Waals surface area contributed by atoms with Crippen molar-refractivity contribution in [3.8, 4) is 0 Å². The van der Waals surface area contributed by atoms with Crippen molar-refractivity contribution in [3.05, 3.63) is 29.3 Å². The third kappa shape index (κ3) is 2.35. The van der Waals surface area contributed by atoms with E-state index in [1.165, 1.54) is 30.4 Å². The lowest BCUT2D eigenvalue weighted by Crippen LogP contribution is -2.44. The van der Waals surface area contributed by atoms with E-state index in [-0.39, 0.29) is 6.04 Å². The monoisotopic (exact) mass is 272 g/mol. The van der Waals surface area contributed by atoms with Gasteiger partial charge in [0.25, 0.3) is 0 Å². The van der Waals surface area contributed by atoms with Crippen LogP contribution in [0.1, 0.15) is 36.8 Å². The number of para-hydroxylation sites is 1. The van der Waals surface area contributed by atoms with Gasteiger partial charge in [-0.2, -0.15) is 0 Å². The Balaban J connectivity index is 1.81. The number of piperidine rings is 1. The maximum atomic E-state index is 12.8. The van der Waals surface area contributed by atoms with Gasteiger partial charge in [-0.3, -0.25) is 9.69 Å². The zero-order chi connectivity index (χ0) is 14.1. The lowest BCUT2D eigenvalue weighted by Gasteiger charge is -2.31. The van der Waals surface area contributed by atoms with Crippen LogP contribution >= 0.6 is 0 Å². The number of benzene rings is 1. The van der Waals surface area contributed by atoms with Crippen LogP contribution in [-0.2, 0) is 4.79 Å². The molecule has 108 valence electrons. The molecular formula is C17H24N2O. The molecule has 3 heteroatoms. The van der Waals surface area contributed by atoms with E-state index in [4.69, 9.17) is 0 Å². The molecule has 1 aromatic rings. The van der Waals surface area contributed by atoms with Crippen LogP contribution in [0.4, 0.5) is 5.69 Å². The molecule has 1 unspecified atom stereocenters. The first-order chi connectivity index (χ1) is 9.68. The fourth-order valence-corrected chi connectivity index (χ4v) is 3.69. The van der Waals surface area contributed by atoms with Crippen molar-refractivity contribution >= 4 is 11.6 Å². The molecule has 0 N–H and O–H groups in total. The predicted octanol–water partition coefficient (Wildman–Crippen LogP) is 2.89. The van der Waals surface area contributed by atoms with Gasteiger partial charge in [-0.05, 0) is 57.3 Å². The summed E-state index contributed by atoms with van der Waals surface area (Å²) in [7, 11) is 0. The highest BCUT2D eigenvalue weighted by Crippen LogP contribution is 2.31. The second kappa shape index (κ2) is 5.57. The van der Waals surface area contributed by atoms with Gasteiger partial charge in [-0.1, -0.05) is 24.6 Å². The van der Waals surface area contributed by atoms with E-state index in [9.17, 15) is 4.79 Å². The second-order valence-corrected chi connectivity index (χ2v) is 6.13. The summed E-state index contributed by atoms with van der Waals surface area (Å²) in [5, 5.41) is 0. The molecule has 3 nitrogen and oxygen atoms in total. The van der Waals surface area contributed by atoms with Gasteiger partial charge in [0.05, 0.1) is 6.04 Å². The summed E-state index contributed by atoms with van der Waals surface area (Å²) in [5.74, 6) is 0.310. The first-order valence-electron chi connectivity index (χ1n) is 7.80. The molecule has 0 radical (unpaired) electrons. The van der Waals surface area contributed by atoms with Gasteiger partial charge in [-0.25, -0.2) is 0 Å². The number of aryl methyl sites for hydroxylation is 2. The molecule has 2 fully saturated rings. The number of hydrogen-bond donors (Lipinski definition) is 0. The number of amides is 1. The smallest absolute Gasteiger partial charge is 0.244 e. The Morgan fingerprint density at radius 3 is 2.30 bits per heavy atom. The highest BCUT2D eigenvalue weighted by molar-refractivity contribution is 6.00. The molecule has 0 spiro atoms. The van der Waals surface area contributed by atoms with E-state index in [1.807, 2.05) is 4.90 Å². The van der Waals surface area contributed by atoms with Crippen molar-refractivity contribution in [2.75, 3.05) is 24.5 Å². The van der Waals surface area contributed by atoms with Gasteiger partial charge in [-0.15, -0.1) is 0 Å². The molecular weight excluding hydrogens is 248 g/mol. The molecule has 0 aromatic heterocycles. The molecule has 20 heavy (non-hydrogen) atoms. The van der Waals surface area contributed by atoms with Crippen molar-refractivity contribution in [1.29, 1.82) is 0 Å². The van der Waals surface area contributed by atoms with Gasteiger partial charge in [0.2, 0.25) is 5.91 Å². The van der Waals surface area contributed by atoms with Gasteiger partial charge < -0.3 is 4.90 Å². The van der Waals surface area contributed by atoms with Crippen LogP contribution in [0, 0.1) is 13.8 Å². The Morgan fingerprint density at radius 2 is 1.65 bits per heavy atom. The summed E-state index contributed by atoms with van der Waals surface area (Å²) in [4.78, 5) is 17.2. The first-order valence-corrected chi connectivity index (χ1v) is 7.80. The van der Waals surface area contributed by atoms with Crippen LogP contribution in [0.2, 0.25) is 0 Å². The van der Waals surface area contributed by atoms with E-state index in [1.54, 1.807) is 0 Å². The molecule has 2 saturated heterocycles. The van der Waals surface area contributed by atoms with Crippen LogP contribution in [0.25, 0.3) is 0 Å². The minimum absolute atomic E-state index is 0.120. The van der Waals surface area contributed by atoms with E-state index in [0.717, 1.165) is 31.7 Å². The number of nitrogens with zero attached hydrogens (tertiary/aromatic N) is 2. The molecule has 1 aromatic carbocycles. The number of carbonyl (C=O) groups excluding carboxylic acids is 1. The Bertz CT molecular complexity index is 485. The van der Waals surface area contributed by atoms with E-state index < -0.39 is 0 Å². The van der Waals surface area contributed by atoms with Gasteiger partial charge in [0.1, 0.15) is 0 Å². The maximum absolute atomic E-state index is 12.8. The molecule has 0 saturated carbocycles. The van der Waals surface area contributed by atoms with Gasteiger partial charge in [0, 0.05) is 12.2 Å². The first kappa shape index (κ1) is 13.6. The zero-order valence-corrected chi connectivity index (χ0v) is 12.6. The molecule has 1 atom stereocenters. The molecule has 2 aliphatic rings. The number of likely N-dealkylation sites (tertiary alicyclic amines) is 1. The van der Waals surface area contributed by atoms with Crippen LogP contribution in [0.3, 0.4) is 0 Å². The molecule has 3 rings (SSSR count). The lowest BCUT2D eigenvalue weighted by molar-refractivity contribution is -0.122.